The number of carbonyl (C=O) groups excluding carboxylic acids is 2. The molecule has 2 aliphatic heterocycles. The van der Waals surface area contributed by atoms with Crippen molar-refractivity contribution in [2.75, 3.05) is 40.3 Å². The molecule has 158 valence electrons. The van der Waals surface area contributed by atoms with Gasteiger partial charge in [-0.25, -0.2) is 0 Å². The average molecular weight is 409 g/mol. The Balaban J connectivity index is 1.32. The summed E-state index contributed by atoms with van der Waals surface area (Å²) in [4.78, 5) is 35.5. The molecule has 1 spiro atoms. The van der Waals surface area contributed by atoms with Crippen molar-refractivity contribution in [3.63, 3.8) is 0 Å². The lowest BCUT2D eigenvalue weighted by Crippen LogP contribution is -2.73. The zero-order chi connectivity index (χ0) is 21.3. The first kappa shape index (κ1) is 20.5. The predicted octanol–water partition coefficient (Wildman–Crippen LogP) is 1.57. The van der Waals surface area contributed by atoms with E-state index in [1.807, 2.05) is 61.3 Å². The van der Waals surface area contributed by atoms with Gasteiger partial charge in [0.15, 0.2) is 0 Å². The summed E-state index contributed by atoms with van der Waals surface area (Å²) in [5.41, 5.74) is 2.25. The molecule has 1 atom stereocenters. The molecule has 0 aliphatic carbocycles. The zero-order valence-electron chi connectivity index (χ0n) is 17.7. The minimum atomic E-state index is -0.384. The summed E-state index contributed by atoms with van der Waals surface area (Å²) in [6.07, 6.45) is 1.73. The Bertz CT molecular complexity index is 927. The Kier molecular flexibility index (Phi) is 5.58. The number of aromatic nitrogens is 1. The van der Waals surface area contributed by atoms with E-state index < -0.39 is 0 Å². The number of benzene rings is 1. The van der Waals surface area contributed by atoms with Gasteiger partial charge in [0.2, 0.25) is 5.91 Å². The SMILES string of the molecule is Cc1cccc(C(=O)N2CC3(C2)CN(C)C(C(=O)N(C)Cc2ccccn2)CO3)c1. The summed E-state index contributed by atoms with van der Waals surface area (Å²) < 4.78 is 6.15. The van der Waals surface area contributed by atoms with Crippen molar-refractivity contribution < 1.29 is 14.3 Å². The first-order valence-electron chi connectivity index (χ1n) is 10.2. The van der Waals surface area contributed by atoms with Crippen LogP contribution in [0, 0.1) is 6.92 Å². The van der Waals surface area contributed by atoms with Gasteiger partial charge >= 0.3 is 0 Å². The summed E-state index contributed by atoms with van der Waals surface area (Å²) in [7, 11) is 3.74. The molecule has 7 nitrogen and oxygen atoms in total. The van der Waals surface area contributed by atoms with Crippen LogP contribution in [0.5, 0.6) is 0 Å². The number of aryl methyl sites for hydroxylation is 1. The fourth-order valence-corrected chi connectivity index (χ4v) is 4.27. The first-order valence-corrected chi connectivity index (χ1v) is 10.2. The maximum Gasteiger partial charge on any atom is 0.254 e. The number of hydrogen-bond acceptors (Lipinski definition) is 5. The molecular formula is C23H28N4O3. The van der Waals surface area contributed by atoms with E-state index in [2.05, 4.69) is 9.88 Å². The van der Waals surface area contributed by atoms with Crippen molar-refractivity contribution in [3.05, 3.63) is 65.5 Å². The molecule has 7 heteroatoms. The highest BCUT2D eigenvalue weighted by molar-refractivity contribution is 5.95. The largest absolute Gasteiger partial charge is 0.368 e. The highest BCUT2D eigenvalue weighted by Crippen LogP contribution is 2.32. The van der Waals surface area contributed by atoms with Gasteiger partial charge in [0, 0.05) is 25.4 Å². The number of likely N-dealkylation sites (tertiary alicyclic amines) is 1. The lowest BCUT2D eigenvalue weighted by atomic mass is 9.89. The summed E-state index contributed by atoms with van der Waals surface area (Å²) in [6, 6.07) is 13.0. The van der Waals surface area contributed by atoms with Crippen LogP contribution >= 0.6 is 0 Å². The van der Waals surface area contributed by atoms with E-state index in [0.717, 1.165) is 11.3 Å². The second-order valence-corrected chi connectivity index (χ2v) is 8.47. The number of likely N-dealkylation sites (N-methyl/N-ethyl adjacent to an activating group) is 2. The van der Waals surface area contributed by atoms with Crippen LogP contribution in [0.3, 0.4) is 0 Å². The van der Waals surface area contributed by atoms with Crippen molar-refractivity contribution in [1.82, 2.24) is 19.7 Å². The zero-order valence-corrected chi connectivity index (χ0v) is 17.7. The van der Waals surface area contributed by atoms with Gasteiger partial charge in [-0.15, -0.1) is 0 Å². The van der Waals surface area contributed by atoms with Gasteiger partial charge in [-0.3, -0.25) is 19.5 Å². The Hall–Kier alpha value is -2.77. The minimum absolute atomic E-state index is 0.0185. The molecule has 2 fully saturated rings. The number of carbonyl (C=O) groups is 2. The summed E-state index contributed by atoms with van der Waals surface area (Å²) in [5.74, 6) is 0.0499. The molecule has 2 amide bonds. The molecule has 2 aromatic rings. The maximum atomic E-state index is 12.9. The van der Waals surface area contributed by atoms with Crippen LogP contribution in [-0.2, 0) is 16.1 Å². The average Bonchev–Trinajstić information content (AvgIpc) is 2.71. The van der Waals surface area contributed by atoms with Gasteiger partial charge in [-0.1, -0.05) is 23.8 Å². The molecule has 0 radical (unpaired) electrons. The lowest BCUT2D eigenvalue weighted by molar-refractivity contribution is -0.190. The molecular weight excluding hydrogens is 380 g/mol. The smallest absolute Gasteiger partial charge is 0.254 e. The number of pyridine rings is 1. The Morgan fingerprint density at radius 1 is 1.20 bits per heavy atom. The number of morpholine rings is 1. The summed E-state index contributed by atoms with van der Waals surface area (Å²) >= 11 is 0. The first-order chi connectivity index (χ1) is 14.4. The van der Waals surface area contributed by atoms with E-state index >= 15 is 0 Å². The second kappa shape index (κ2) is 8.16. The fourth-order valence-electron chi connectivity index (χ4n) is 4.27. The van der Waals surface area contributed by atoms with Gasteiger partial charge in [0.25, 0.3) is 5.91 Å². The van der Waals surface area contributed by atoms with E-state index in [4.69, 9.17) is 4.74 Å². The molecule has 0 bridgehead atoms. The minimum Gasteiger partial charge on any atom is -0.368 e. The monoisotopic (exact) mass is 408 g/mol. The normalized spacial score (nSPS) is 20.6. The van der Waals surface area contributed by atoms with Crippen molar-refractivity contribution in [1.29, 1.82) is 0 Å². The number of nitrogens with zero attached hydrogens (tertiary/aromatic N) is 4. The summed E-state index contributed by atoms with van der Waals surface area (Å²) in [6.45, 7) is 4.50. The fraction of sp³-hybridized carbons (Fsp3) is 0.435. The van der Waals surface area contributed by atoms with E-state index in [0.29, 0.717) is 38.3 Å². The molecule has 3 heterocycles. The van der Waals surface area contributed by atoms with Crippen LogP contribution in [0.4, 0.5) is 0 Å². The Morgan fingerprint density at radius 2 is 2.00 bits per heavy atom. The molecule has 2 saturated heterocycles. The molecule has 2 aliphatic rings. The standard InChI is InChI=1S/C23H28N4O3/c1-17-7-6-8-18(11-17)21(28)27-15-23(16-27)14-26(3)20(13-30-23)22(29)25(2)12-19-9-4-5-10-24-19/h4-11,20H,12-16H2,1-3H3. The van der Waals surface area contributed by atoms with Crippen molar-refractivity contribution >= 4 is 11.8 Å². The predicted molar refractivity (Wildman–Crippen MR) is 113 cm³/mol. The quantitative estimate of drug-likeness (QED) is 0.769. The molecule has 1 unspecified atom stereocenters. The van der Waals surface area contributed by atoms with Crippen LogP contribution in [0.2, 0.25) is 0 Å². The molecule has 0 N–H and O–H groups in total. The third-order valence-corrected chi connectivity index (χ3v) is 5.91. The topological polar surface area (TPSA) is 66.0 Å². The number of ether oxygens (including phenoxy) is 1. The number of amides is 2. The molecule has 1 aromatic carbocycles. The van der Waals surface area contributed by atoms with Crippen LogP contribution in [0.1, 0.15) is 21.6 Å². The van der Waals surface area contributed by atoms with Gasteiger partial charge in [-0.2, -0.15) is 0 Å². The molecule has 1 aromatic heterocycles. The maximum absolute atomic E-state index is 12.9. The Morgan fingerprint density at radius 3 is 2.67 bits per heavy atom. The number of rotatable bonds is 4. The molecule has 4 rings (SSSR count). The van der Waals surface area contributed by atoms with Crippen LogP contribution in [0.25, 0.3) is 0 Å². The highest BCUT2D eigenvalue weighted by atomic mass is 16.5. The molecule has 30 heavy (non-hydrogen) atoms. The van der Waals surface area contributed by atoms with Crippen molar-refractivity contribution in [3.8, 4) is 0 Å². The third-order valence-electron chi connectivity index (χ3n) is 5.91. The van der Waals surface area contributed by atoms with Gasteiger partial charge in [0.1, 0.15) is 11.6 Å². The lowest BCUT2D eigenvalue weighted by Gasteiger charge is -2.55. The van der Waals surface area contributed by atoms with Crippen LogP contribution in [-0.4, -0.2) is 83.5 Å². The van der Waals surface area contributed by atoms with E-state index in [-0.39, 0.29) is 23.5 Å². The van der Waals surface area contributed by atoms with E-state index in [1.165, 1.54) is 0 Å². The third kappa shape index (κ3) is 4.08. The van der Waals surface area contributed by atoms with E-state index in [9.17, 15) is 9.59 Å². The van der Waals surface area contributed by atoms with Gasteiger partial charge in [-0.05, 0) is 38.2 Å². The number of hydrogen-bond donors (Lipinski definition) is 0. The van der Waals surface area contributed by atoms with Crippen molar-refractivity contribution in [2.24, 2.45) is 0 Å². The molecule has 0 saturated carbocycles. The van der Waals surface area contributed by atoms with Crippen molar-refractivity contribution in [2.45, 2.75) is 25.1 Å². The highest BCUT2D eigenvalue weighted by Gasteiger charge is 2.51. The Labute approximate surface area is 177 Å². The van der Waals surface area contributed by atoms with Crippen LogP contribution in [0.15, 0.2) is 48.7 Å². The second-order valence-electron chi connectivity index (χ2n) is 8.47. The van der Waals surface area contributed by atoms with Crippen LogP contribution < -0.4 is 0 Å². The van der Waals surface area contributed by atoms with E-state index in [1.54, 1.807) is 18.1 Å². The van der Waals surface area contributed by atoms with Gasteiger partial charge in [0.05, 0.1) is 31.9 Å². The van der Waals surface area contributed by atoms with Gasteiger partial charge < -0.3 is 14.5 Å². The summed E-state index contributed by atoms with van der Waals surface area (Å²) in [5, 5.41) is 0.